The maximum Gasteiger partial charge on any atom is 0.243 e. The van der Waals surface area contributed by atoms with Gasteiger partial charge in [0, 0.05) is 6.42 Å². The first-order valence-electron chi connectivity index (χ1n) is 6.88. The van der Waals surface area contributed by atoms with Gasteiger partial charge in [-0.3, -0.25) is 4.57 Å². The van der Waals surface area contributed by atoms with Crippen LogP contribution in [-0.2, 0) is 4.74 Å². The maximum atomic E-state index is 9.86. The average molecular weight is 294 g/mol. The quantitative estimate of drug-likeness (QED) is 0.833. The Morgan fingerprint density at radius 1 is 1.43 bits per heavy atom. The molecule has 3 rings (SSSR count). The summed E-state index contributed by atoms with van der Waals surface area (Å²) in [7, 11) is 0. The molecule has 8 heteroatoms. The Morgan fingerprint density at radius 2 is 2.24 bits per heavy atom. The fraction of sp³-hybridized carbons (Fsp3) is 0.615. The minimum atomic E-state index is -0.712. The van der Waals surface area contributed by atoms with Gasteiger partial charge in [-0.2, -0.15) is 4.98 Å². The first kappa shape index (κ1) is 14.2. The number of imidazole rings is 1. The van der Waals surface area contributed by atoms with Crippen molar-refractivity contribution in [3.05, 3.63) is 12.7 Å². The zero-order valence-electron chi connectivity index (χ0n) is 11.9. The fourth-order valence-corrected chi connectivity index (χ4v) is 2.43. The van der Waals surface area contributed by atoms with Gasteiger partial charge in [-0.05, 0) is 13.8 Å². The Hall–Kier alpha value is -1.77. The van der Waals surface area contributed by atoms with Crippen LogP contribution in [0.2, 0.25) is 0 Å². The topological polar surface area (TPSA) is 103 Å². The molecule has 2 aromatic rings. The molecule has 0 unspecified atom stereocenters. The number of hydrogen-bond acceptors (Lipinski definition) is 7. The zero-order valence-corrected chi connectivity index (χ0v) is 11.9. The van der Waals surface area contributed by atoms with Crippen molar-refractivity contribution < 1.29 is 19.7 Å². The highest BCUT2D eigenvalue weighted by molar-refractivity contribution is 5.76. The van der Waals surface area contributed by atoms with E-state index in [9.17, 15) is 10.2 Å². The average Bonchev–Trinajstić information content (AvgIpc) is 3.02. The monoisotopic (exact) mass is 294 g/mol. The van der Waals surface area contributed by atoms with Crippen LogP contribution in [0.25, 0.3) is 11.2 Å². The number of ether oxygens (including phenoxy) is 2. The third-order valence-electron chi connectivity index (χ3n) is 3.37. The highest BCUT2D eigenvalue weighted by Gasteiger charge is 2.35. The third-order valence-corrected chi connectivity index (χ3v) is 3.37. The van der Waals surface area contributed by atoms with E-state index in [-0.39, 0.29) is 12.7 Å². The lowest BCUT2D eigenvalue weighted by atomic mass is 10.2. The molecule has 8 nitrogen and oxygen atoms in total. The highest BCUT2D eigenvalue weighted by Crippen LogP contribution is 2.33. The molecule has 3 atom stereocenters. The standard InChI is InChI=1S/C13H18N4O4/c1-7(2)20-13-11-12(14-5-15-13)16-6-17(11)10-3-8(19)9(4-18)21-10/h5-10,18-19H,3-4H2,1-2H3/t8-,9+,10+/m0/s1. The van der Waals surface area contributed by atoms with E-state index >= 15 is 0 Å². The zero-order chi connectivity index (χ0) is 15.0. The minimum Gasteiger partial charge on any atom is -0.473 e. The first-order valence-corrected chi connectivity index (χ1v) is 6.88. The van der Waals surface area contributed by atoms with Gasteiger partial charge < -0.3 is 19.7 Å². The second kappa shape index (κ2) is 5.55. The van der Waals surface area contributed by atoms with Crippen molar-refractivity contribution in [1.29, 1.82) is 0 Å². The molecule has 1 aliphatic rings. The van der Waals surface area contributed by atoms with Gasteiger partial charge in [0.05, 0.1) is 25.1 Å². The maximum absolute atomic E-state index is 9.86. The summed E-state index contributed by atoms with van der Waals surface area (Å²) in [6.45, 7) is 3.59. The van der Waals surface area contributed by atoms with Crippen LogP contribution in [0.3, 0.4) is 0 Å². The Kier molecular flexibility index (Phi) is 3.75. The summed E-state index contributed by atoms with van der Waals surface area (Å²) in [4.78, 5) is 12.5. The smallest absolute Gasteiger partial charge is 0.243 e. The van der Waals surface area contributed by atoms with Crippen LogP contribution in [0.15, 0.2) is 12.7 Å². The number of nitrogens with zero attached hydrogens (tertiary/aromatic N) is 4. The Balaban J connectivity index is 1.99. The van der Waals surface area contributed by atoms with Crippen molar-refractivity contribution in [2.75, 3.05) is 6.61 Å². The Morgan fingerprint density at radius 3 is 2.90 bits per heavy atom. The number of aliphatic hydroxyl groups excluding tert-OH is 2. The van der Waals surface area contributed by atoms with Crippen LogP contribution in [0.5, 0.6) is 5.88 Å². The largest absolute Gasteiger partial charge is 0.473 e. The van der Waals surface area contributed by atoms with Crippen molar-refractivity contribution in [2.24, 2.45) is 0 Å². The lowest BCUT2D eigenvalue weighted by Crippen LogP contribution is -2.24. The molecule has 0 aromatic carbocycles. The SMILES string of the molecule is CC(C)Oc1ncnc2ncn([C@H]3C[C@H](O)[C@@H](CO)O3)c12. The summed E-state index contributed by atoms with van der Waals surface area (Å²) in [5.74, 6) is 0.429. The van der Waals surface area contributed by atoms with Gasteiger partial charge in [-0.1, -0.05) is 0 Å². The Bertz CT molecular complexity index is 630. The molecule has 21 heavy (non-hydrogen) atoms. The number of fused-ring (bicyclic) bond motifs is 1. The molecule has 2 aromatic heterocycles. The Labute approximate surface area is 121 Å². The molecule has 0 saturated carbocycles. The molecule has 1 saturated heterocycles. The van der Waals surface area contributed by atoms with Gasteiger partial charge >= 0.3 is 0 Å². The second-order valence-corrected chi connectivity index (χ2v) is 5.28. The molecular weight excluding hydrogens is 276 g/mol. The molecule has 0 radical (unpaired) electrons. The lowest BCUT2D eigenvalue weighted by Gasteiger charge is -2.16. The molecule has 0 aliphatic carbocycles. The minimum absolute atomic E-state index is 0.0354. The van der Waals surface area contributed by atoms with Crippen LogP contribution in [0.1, 0.15) is 26.5 Å². The van der Waals surface area contributed by atoms with Crippen LogP contribution in [0, 0.1) is 0 Å². The summed E-state index contributed by atoms with van der Waals surface area (Å²) >= 11 is 0. The van der Waals surface area contributed by atoms with Crippen molar-refractivity contribution in [2.45, 2.75) is 44.8 Å². The van der Waals surface area contributed by atoms with Crippen molar-refractivity contribution in [3.63, 3.8) is 0 Å². The van der Waals surface area contributed by atoms with Gasteiger partial charge in [-0.25, -0.2) is 9.97 Å². The molecule has 0 bridgehead atoms. The van der Waals surface area contributed by atoms with E-state index in [0.717, 1.165) is 0 Å². The number of hydrogen-bond donors (Lipinski definition) is 2. The normalized spacial score (nSPS) is 25.9. The van der Waals surface area contributed by atoms with Crippen LogP contribution in [0.4, 0.5) is 0 Å². The molecular formula is C13H18N4O4. The molecule has 0 amide bonds. The number of rotatable bonds is 4. The molecule has 114 valence electrons. The molecule has 0 spiro atoms. The highest BCUT2D eigenvalue weighted by atomic mass is 16.5. The van der Waals surface area contributed by atoms with Gasteiger partial charge in [-0.15, -0.1) is 0 Å². The third kappa shape index (κ3) is 2.57. The van der Waals surface area contributed by atoms with E-state index in [0.29, 0.717) is 23.5 Å². The predicted octanol–water partition coefficient (Wildman–Crippen LogP) is 0.254. The predicted molar refractivity (Wildman–Crippen MR) is 72.7 cm³/mol. The van der Waals surface area contributed by atoms with E-state index < -0.39 is 18.4 Å². The summed E-state index contributed by atoms with van der Waals surface area (Å²) in [6, 6.07) is 0. The summed E-state index contributed by atoms with van der Waals surface area (Å²) in [5.41, 5.74) is 1.13. The first-order chi connectivity index (χ1) is 10.1. The summed E-state index contributed by atoms with van der Waals surface area (Å²) < 4.78 is 13.1. The van der Waals surface area contributed by atoms with Crippen molar-refractivity contribution >= 4 is 11.2 Å². The van der Waals surface area contributed by atoms with Gasteiger partial charge in [0.25, 0.3) is 0 Å². The second-order valence-electron chi connectivity index (χ2n) is 5.28. The van der Waals surface area contributed by atoms with E-state index in [1.165, 1.54) is 6.33 Å². The van der Waals surface area contributed by atoms with Gasteiger partial charge in [0.1, 0.15) is 18.7 Å². The van der Waals surface area contributed by atoms with E-state index in [1.807, 2.05) is 13.8 Å². The number of aliphatic hydroxyl groups is 2. The van der Waals surface area contributed by atoms with Crippen LogP contribution in [-0.4, -0.2) is 54.7 Å². The van der Waals surface area contributed by atoms with E-state index in [2.05, 4.69) is 15.0 Å². The molecule has 1 fully saturated rings. The summed E-state index contributed by atoms with van der Waals surface area (Å²) in [6.07, 6.45) is 1.59. The summed E-state index contributed by atoms with van der Waals surface area (Å²) in [5, 5.41) is 19.0. The molecule has 3 heterocycles. The van der Waals surface area contributed by atoms with E-state index in [1.54, 1.807) is 10.9 Å². The van der Waals surface area contributed by atoms with E-state index in [4.69, 9.17) is 9.47 Å². The van der Waals surface area contributed by atoms with Gasteiger partial charge in [0.2, 0.25) is 5.88 Å². The van der Waals surface area contributed by atoms with Gasteiger partial charge in [0.15, 0.2) is 11.2 Å². The van der Waals surface area contributed by atoms with Crippen molar-refractivity contribution in [3.8, 4) is 5.88 Å². The molecule has 1 aliphatic heterocycles. The fourth-order valence-electron chi connectivity index (χ4n) is 2.43. The lowest BCUT2D eigenvalue weighted by molar-refractivity contribution is -0.0431. The van der Waals surface area contributed by atoms with Crippen LogP contribution >= 0.6 is 0 Å². The number of aromatic nitrogens is 4. The van der Waals surface area contributed by atoms with Crippen LogP contribution < -0.4 is 4.74 Å². The van der Waals surface area contributed by atoms with Crippen molar-refractivity contribution in [1.82, 2.24) is 19.5 Å². The molecule has 2 N–H and O–H groups in total.